The molecule has 0 radical (unpaired) electrons. The Bertz CT molecular complexity index is 1240. The van der Waals surface area contributed by atoms with Crippen LogP contribution in [0.25, 0.3) is 16.6 Å². The predicted molar refractivity (Wildman–Crippen MR) is 104 cm³/mol. The second-order valence-electron chi connectivity index (χ2n) is 7.23. The van der Waals surface area contributed by atoms with E-state index in [-0.39, 0.29) is 11.5 Å². The second-order valence-corrected chi connectivity index (χ2v) is 7.23. The van der Waals surface area contributed by atoms with E-state index < -0.39 is 0 Å². The number of rotatable bonds is 2. The molecule has 0 saturated carbocycles. The Kier molecular flexibility index (Phi) is 3.81. The van der Waals surface area contributed by atoms with E-state index in [2.05, 4.69) is 30.2 Å². The fourth-order valence-electron chi connectivity index (χ4n) is 3.88. The smallest absolute Gasteiger partial charge is 0.262 e. The second kappa shape index (κ2) is 6.36. The van der Waals surface area contributed by atoms with Gasteiger partial charge in [0.2, 0.25) is 5.95 Å². The van der Waals surface area contributed by atoms with Crippen LogP contribution in [0.1, 0.15) is 30.3 Å². The van der Waals surface area contributed by atoms with E-state index in [1.807, 2.05) is 23.6 Å². The lowest BCUT2D eigenvalue weighted by Crippen LogP contribution is -2.38. The highest BCUT2D eigenvalue weighted by molar-refractivity contribution is 5.77. The monoisotopic (exact) mass is 376 g/mol. The first kappa shape index (κ1) is 16.8. The zero-order valence-electron chi connectivity index (χ0n) is 15.8. The van der Waals surface area contributed by atoms with E-state index in [0.29, 0.717) is 16.9 Å². The molecule has 1 saturated heterocycles. The maximum Gasteiger partial charge on any atom is 0.262 e. The van der Waals surface area contributed by atoms with E-state index in [1.165, 1.54) is 0 Å². The number of hydrogen-bond donors (Lipinski definition) is 0. The molecule has 1 aliphatic rings. The van der Waals surface area contributed by atoms with Crippen LogP contribution in [0.15, 0.2) is 35.4 Å². The van der Waals surface area contributed by atoms with Crippen LogP contribution >= 0.6 is 0 Å². The molecule has 5 rings (SSSR count). The van der Waals surface area contributed by atoms with Gasteiger partial charge in [-0.15, -0.1) is 10.2 Å². The normalized spacial score (nSPS) is 15.6. The van der Waals surface area contributed by atoms with Gasteiger partial charge in [-0.1, -0.05) is 0 Å². The van der Waals surface area contributed by atoms with Gasteiger partial charge in [-0.05, 0) is 38.0 Å². The lowest BCUT2D eigenvalue weighted by atomic mass is 9.96. The van der Waals surface area contributed by atoms with E-state index in [1.54, 1.807) is 30.1 Å². The Balaban J connectivity index is 1.43. The summed E-state index contributed by atoms with van der Waals surface area (Å²) in [6, 6.07) is 5.60. The van der Waals surface area contributed by atoms with Crippen molar-refractivity contribution in [1.82, 2.24) is 34.3 Å². The predicted octanol–water partition coefficient (Wildman–Crippen LogP) is 1.46. The molecule has 1 fully saturated rings. The molecule has 0 aliphatic carbocycles. The number of piperidine rings is 1. The summed E-state index contributed by atoms with van der Waals surface area (Å²) in [6.07, 6.45) is 5.06. The van der Waals surface area contributed by atoms with Gasteiger partial charge in [0, 0.05) is 32.3 Å². The van der Waals surface area contributed by atoms with Crippen LogP contribution < -0.4 is 10.5 Å². The molecular weight excluding hydrogens is 356 g/mol. The molecule has 0 spiro atoms. The van der Waals surface area contributed by atoms with Crippen LogP contribution in [-0.2, 0) is 7.05 Å². The Morgan fingerprint density at radius 3 is 2.75 bits per heavy atom. The van der Waals surface area contributed by atoms with Gasteiger partial charge in [-0.25, -0.2) is 4.98 Å². The van der Waals surface area contributed by atoms with Crippen molar-refractivity contribution in [2.75, 3.05) is 18.0 Å². The zero-order chi connectivity index (χ0) is 19.3. The van der Waals surface area contributed by atoms with Crippen molar-refractivity contribution in [2.24, 2.45) is 7.05 Å². The van der Waals surface area contributed by atoms with E-state index >= 15 is 0 Å². The Hall–Kier alpha value is -3.36. The molecule has 4 aromatic rings. The summed E-state index contributed by atoms with van der Waals surface area (Å²) in [5.41, 5.74) is 2.29. The van der Waals surface area contributed by atoms with E-state index in [4.69, 9.17) is 0 Å². The van der Waals surface area contributed by atoms with Gasteiger partial charge in [-0.2, -0.15) is 9.61 Å². The topological polar surface area (TPSA) is 94.1 Å². The number of pyridine rings is 1. The standard InChI is InChI=1S/C19H20N8O/c1-12-3-4-16-22-23-17(27(16)24-12)13-6-9-26(10-7-13)19-21-15-11-20-8-5-14(15)18(28)25(19)2/h3-5,8,11,13H,6-7,9-10H2,1-2H3. The van der Waals surface area contributed by atoms with E-state index in [0.717, 1.165) is 43.1 Å². The zero-order valence-corrected chi connectivity index (χ0v) is 15.8. The average molecular weight is 376 g/mol. The van der Waals surface area contributed by atoms with Crippen LogP contribution in [-0.4, -0.2) is 47.4 Å². The summed E-state index contributed by atoms with van der Waals surface area (Å²) < 4.78 is 3.48. The largest absolute Gasteiger partial charge is 0.342 e. The minimum absolute atomic E-state index is 0.0485. The molecule has 1 aliphatic heterocycles. The maximum atomic E-state index is 12.7. The van der Waals surface area contributed by atoms with Gasteiger partial charge in [0.1, 0.15) is 0 Å². The number of hydrogen-bond acceptors (Lipinski definition) is 7. The molecule has 142 valence electrons. The highest BCUT2D eigenvalue weighted by Crippen LogP contribution is 2.29. The molecule has 4 aromatic heterocycles. The molecule has 0 unspecified atom stereocenters. The molecule has 9 heteroatoms. The first-order chi connectivity index (χ1) is 13.6. The molecule has 28 heavy (non-hydrogen) atoms. The van der Waals surface area contributed by atoms with Crippen LogP contribution in [0.2, 0.25) is 0 Å². The lowest BCUT2D eigenvalue weighted by Gasteiger charge is -2.32. The van der Waals surface area contributed by atoms with Crippen molar-refractivity contribution in [2.45, 2.75) is 25.7 Å². The SMILES string of the molecule is Cc1ccc2nnc(C3CCN(c4nc5cnccc5c(=O)n4C)CC3)n2n1. The molecular formula is C19H20N8O. The van der Waals surface area contributed by atoms with Crippen molar-refractivity contribution in [3.63, 3.8) is 0 Å². The van der Waals surface area contributed by atoms with Crippen LogP contribution in [0, 0.1) is 6.92 Å². The highest BCUT2D eigenvalue weighted by atomic mass is 16.1. The lowest BCUT2D eigenvalue weighted by molar-refractivity contribution is 0.468. The number of aryl methyl sites for hydroxylation is 1. The summed E-state index contributed by atoms with van der Waals surface area (Å²) in [7, 11) is 1.77. The van der Waals surface area contributed by atoms with Gasteiger partial charge in [0.25, 0.3) is 5.56 Å². The molecule has 0 atom stereocenters. The number of aromatic nitrogens is 7. The van der Waals surface area contributed by atoms with E-state index in [9.17, 15) is 4.79 Å². The van der Waals surface area contributed by atoms with Gasteiger partial charge < -0.3 is 4.90 Å². The molecule has 0 bridgehead atoms. The third kappa shape index (κ3) is 2.62. The van der Waals surface area contributed by atoms with Crippen molar-refractivity contribution in [3.8, 4) is 0 Å². The molecule has 0 amide bonds. The van der Waals surface area contributed by atoms with Crippen LogP contribution in [0.4, 0.5) is 5.95 Å². The summed E-state index contributed by atoms with van der Waals surface area (Å²) in [4.78, 5) is 23.6. The van der Waals surface area contributed by atoms with Crippen molar-refractivity contribution in [3.05, 3.63) is 52.5 Å². The number of fused-ring (bicyclic) bond motifs is 2. The summed E-state index contributed by atoms with van der Waals surface area (Å²) in [5, 5.41) is 13.8. The summed E-state index contributed by atoms with van der Waals surface area (Å²) >= 11 is 0. The Morgan fingerprint density at radius 1 is 1.11 bits per heavy atom. The van der Waals surface area contributed by atoms with Crippen LogP contribution in [0.5, 0.6) is 0 Å². The summed E-state index contributed by atoms with van der Waals surface area (Å²) in [5.74, 6) is 1.87. The van der Waals surface area contributed by atoms with Gasteiger partial charge in [-0.3, -0.25) is 14.3 Å². The third-order valence-corrected chi connectivity index (χ3v) is 5.42. The molecule has 0 aromatic carbocycles. The van der Waals surface area contributed by atoms with Crippen molar-refractivity contribution in [1.29, 1.82) is 0 Å². The van der Waals surface area contributed by atoms with Crippen LogP contribution in [0.3, 0.4) is 0 Å². The fourth-order valence-corrected chi connectivity index (χ4v) is 3.88. The average Bonchev–Trinajstić information content (AvgIpc) is 3.14. The minimum Gasteiger partial charge on any atom is -0.342 e. The quantitative estimate of drug-likeness (QED) is 0.523. The maximum absolute atomic E-state index is 12.7. The van der Waals surface area contributed by atoms with Gasteiger partial charge in [0.05, 0.1) is 22.8 Å². The van der Waals surface area contributed by atoms with Crippen molar-refractivity contribution >= 4 is 22.5 Å². The van der Waals surface area contributed by atoms with Crippen molar-refractivity contribution < 1.29 is 0 Å². The molecule has 0 N–H and O–H groups in total. The molecule has 9 nitrogen and oxygen atoms in total. The number of nitrogens with zero attached hydrogens (tertiary/aromatic N) is 8. The Morgan fingerprint density at radius 2 is 1.93 bits per heavy atom. The minimum atomic E-state index is -0.0485. The first-order valence-corrected chi connectivity index (χ1v) is 9.36. The first-order valence-electron chi connectivity index (χ1n) is 9.36. The summed E-state index contributed by atoms with van der Waals surface area (Å²) in [6.45, 7) is 3.54. The highest BCUT2D eigenvalue weighted by Gasteiger charge is 2.27. The van der Waals surface area contributed by atoms with Gasteiger partial charge in [0.15, 0.2) is 11.5 Å². The number of anilines is 1. The third-order valence-electron chi connectivity index (χ3n) is 5.42. The fraction of sp³-hybridized carbons (Fsp3) is 0.368. The Labute approximate surface area is 160 Å². The van der Waals surface area contributed by atoms with Gasteiger partial charge >= 0.3 is 0 Å². The molecule has 5 heterocycles.